The van der Waals surface area contributed by atoms with Crippen LogP contribution in [-0.4, -0.2) is 47.9 Å². The van der Waals surface area contributed by atoms with E-state index in [0.717, 1.165) is 15.4 Å². The molecule has 0 saturated carbocycles. The maximum Gasteiger partial charge on any atom is 0.243 e. The maximum atomic E-state index is 13.6. The van der Waals surface area contributed by atoms with Gasteiger partial charge >= 0.3 is 0 Å². The van der Waals surface area contributed by atoms with E-state index in [0.29, 0.717) is 17.1 Å². The number of aromatic nitrogens is 2. The van der Waals surface area contributed by atoms with Crippen molar-refractivity contribution in [1.82, 2.24) is 13.9 Å². The Kier molecular flexibility index (Phi) is 7.94. The molecule has 4 rings (SSSR count). The van der Waals surface area contributed by atoms with E-state index in [1.165, 1.54) is 24.3 Å². The Bertz CT molecular complexity index is 1510. The average Bonchev–Trinajstić information content (AvgIpc) is 3.31. The summed E-state index contributed by atoms with van der Waals surface area (Å²) in [5, 5.41) is 2.74. The van der Waals surface area contributed by atoms with Crippen LogP contribution in [0.4, 0.5) is 10.3 Å². The number of rotatable bonds is 9. The normalized spacial score (nSPS) is 11.7. The number of benzene rings is 3. The number of hydrogen-bond donors (Lipinski definition) is 1. The van der Waals surface area contributed by atoms with Crippen LogP contribution in [0.15, 0.2) is 83.9 Å². The highest BCUT2D eigenvalue weighted by molar-refractivity contribution is 7.89. The highest BCUT2D eigenvalue weighted by Crippen LogP contribution is 2.26. The lowest BCUT2D eigenvalue weighted by Gasteiger charge is -2.25. The van der Waals surface area contributed by atoms with Crippen LogP contribution in [-0.2, 0) is 14.8 Å². The summed E-state index contributed by atoms with van der Waals surface area (Å²) in [4.78, 5) is 17.9. The molecule has 0 spiro atoms. The molecule has 1 heterocycles. The number of carbonyl (C=O) groups excluding carboxylic acids is 1. The van der Waals surface area contributed by atoms with Gasteiger partial charge < -0.3 is 4.74 Å². The molecule has 0 aliphatic heterocycles. The van der Waals surface area contributed by atoms with Crippen molar-refractivity contribution in [2.75, 3.05) is 19.0 Å². The number of carbonyl (C=O) groups is 1. The third kappa shape index (κ3) is 5.92. The summed E-state index contributed by atoms with van der Waals surface area (Å²) < 4.78 is 48.2. The first-order valence-corrected chi connectivity index (χ1v) is 13.4. The van der Waals surface area contributed by atoms with Crippen LogP contribution in [0.1, 0.15) is 19.4 Å². The zero-order chi connectivity index (χ0) is 27.4. The lowest BCUT2D eigenvalue weighted by molar-refractivity contribution is -0.116. The molecule has 0 aliphatic carbocycles. The van der Waals surface area contributed by atoms with Gasteiger partial charge in [-0.3, -0.25) is 14.7 Å². The number of halogens is 1. The van der Waals surface area contributed by atoms with Crippen molar-refractivity contribution in [3.05, 3.63) is 90.4 Å². The van der Waals surface area contributed by atoms with Crippen LogP contribution in [0.5, 0.6) is 5.75 Å². The molecule has 0 unspecified atom stereocenters. The number of amides is 1. The Morgan fingerprint density at radius 1 is 1.03 bits per heavy atom. The maximum absolute atomic E-state index is 13.6. The molecule has 0 atom stereocenters. The zero-order valence-electron chi connectivity index (χ0n) is 21.6. The molecule has 0 saturated heterocycles. The van der Waals surface area contributed by atoms with Crippen molar-refractivity contribution in [1.29, 1.82) is 0 Å². The minimum absolute atomic E-state index is 0.110. The van der Waals surface area contributed by atoms with Crippen molar-refractivity contribution >= 4 is 21.9 Å². The molecular formula is C28H29FN4O4S. The van der Waals surface area contributed by atoms with Gasteiger partial charge in [-0.25, -0.2) is 17.8 Å². The molecule has 1 aromatic heterocycles. The molecular weight excluding hydrogens is 507 g/mol. The summed E-state index contributed by atoms with van der Waals surface area (Å²) in [5.74, 6) is -0.110. The topological polar surface area (TPSA) is 93.5 Å². The third-order valence-electron chi connectivity index (χ3n) is 5.95. The molecule has 0 bridgehead atoms. The van der Waals surface area contributed by atoms with Crippen LogP contribution in [0, 0.1) is 12.7 Å². The van der Waals surface area contributed by atoms with Crippen molar-refractivity contribution in [3.63, 3.8) is 0 Å². The Morgan fingerprint density at radius 3 is 2.24 bits per heavy atom. The van der Waals surface area contributed by atoms with E-state index in [1.807, 2.05) is 19.1 Å². The van der Waals surface area contributed by atoms with E-state index in [1.54, 1.807) is 68.1 Å². The summed E-state index contributed by atoms with van der Waals surface area (Å²) in [6.07, 6.45) is 1.72. The number of nitrogens with zero attached hydrogens (tertiary/aromatic N) is 3. The van der Waals surface area contributed by atoms with Crippen molar-refractivity contribution < 1.29 is 22.3 Å². The highest BCUT2D eigenvalue weighted by atomic mass is 32.2. The second-order valence-electron chi connectivity index (χ2n) is 9.03. The largest absolute Gasteiger partial charge is 0.497 e. The van der Waals surface area contributed by atoms with E-state index >= 15 is 0 Å². The Balaban J connectivity index is 1.65. The van der Waals surface area contributed by atoms with Gasteiger partial charge in [0.25, 0.3) is 0 Å². The minimum Gasteiger partial charge on any atom is -0.497 e. The van der Waals surface area contributed by atoms with Gasteiger partial charge in [-0.15, -0.1) is 0 Å². The molecule has 3 aromatic carbocycles. The van der Waals surface area contributed by atoms with Gasteiger partial charge in [-0.2, -0.15) is 4.31 Å². The molecule has 1 amide bonds. The van der Waals surface area contributed by atoms with Crippen LogP contribution >= 0.6 is 0 Å². The first-order valence-electron chi connectivity index (χ1n) is 12.0. The van der Waals surface area contributed by atoms with E-state index in [-0.39, 0.29) is 10.8 Å². The molecule has 198 valence electrons. The minimum atomic E-state index is -3.92. The number of ether oxygens (including phenoxy) is 1. The summed E-state index contributed by atoms with van der Waals surface area (Å²) in [6, 6.07) is 19.0. The fourth-order valence-electron chi connectivity index (χ4n) is 3.86. The van der Waals surface area contributed by atoms with Crippen LogP contribution in [0.2, 0.25) is 0 Å². The molecule has 10 heteroatoms. The van der Waals surface area contributed by atoms with Crippen LogP contribution in [0.25, 0.3) is 16.9 Å². The monoisotopic (exact) mass is 536 g/mol. The van der Waals surface area contributed by atoms with E-state index in [9.17, 15) is 17.6 Å². The SMILES string of the molecule is COc1ccc(-c2cn(-c3ccc(F)cc3)c(NC(=O)CN(C(C)C)S(=O)(=O)c3ccc(C)cc3)n2)cc1. The zero-order valence-corrected chi connectivity index (χ0v) is 22.4. The molecule has 4 aromatic rings. The number of imidazole rings is 1. The Labute approximate surface area is 221 Å². The Morgan fingerprint density at radius 2 is 1.66 bits per heavy atom. The third-order valence-corrected chi connectivity index (χ3v) is 7.99. The quantitative estimate of drug-likeness (QED) is 0.324. The molecule has 0 radical (unpaired) electrons. The lowest BCUT2D eigenvalue weighted by atomic mass is 10.1. The number of nitrogens with one attached hydrogen (secondary N) is 1. The van der Waals surface area contributed by atoms with Gasteiger partial charge in [0.05, 0.1) is 24.2 Å². The average molecular weight is 537 g/mol. The Hall–Kier alpha value is -4.02. The first-order chi connectivity index (χ1) is 18.1. The predicted molar refractivity (Wildman–Crippen MR) is 144 cm³/mol. The van der Waals surface area contributed by atoms with Crippen LogP contribution in [0.3, 0.4) is 0 Å². The van der Waals surface area contributed by atoms with Crippen molar-refractivity contribution in [3.8, 4) is 22.7 Å². The molecule has 0 fully saturated rings. The number of sulfonamides is 1. The lowest BCUT2D eigenvalue weighted by Crippen LogP contribution is -2.42. The number of methoxy groups -OCH3 is 1. The fraction of sp³-hybridized carbons (Fsp3) is 0.214. The number of hydrogen-bond acceptors (Lipinski definition) is 5. The van der Waals surface area contributed by atoms with Gasteiger partial charge in [0.2, 0.25) is 21.9 Å². The number of aryl methyl sites for hydroxylation is 1. The summed E-state index contributed by atoms with van der Waals surface area (Å²) in [5.41, 5.74) is 2.83. The number of anilines is 1. The smallest absolute Gasteiger partial charge is 0.243 e. The fourth-order valence-corrected chi connectivity index (χ4v) is 5.46. The van der Waals surface area contributed by atoms with Crippen molar-refractivity contribution in [2.45, 2.75) is 31.7 Å². The summed E-state index contributed by atoms with van der Waals surface area (Å²) in [7, 11) is -2.35. The second-order valence-corrected chi connectivity index (χ2v) is 10.9. The first kappa shape index (κ1) is 27.0. The standard InChI is InChI=1S/C28H29FN4O4S/c1-19(2)33(38(35,36)25-15-5-20(3)6-16-25)18-27(34)31-28-30-26(21-7-13-24(37-4)14-8-21)17-32(28)23-11-9-22(29)10-12-23/h5-17,19H,18H2,1-4H3,(H,30,31,34). The molecule has 8 nitrogen and oxygen atoms in total. The molecule has 1 N–H and O–H groups in total. The van der Waals surface area contributed by atoms with E-state index in [4.69, 9.17) is 4.74 Å². The van der Waals surface area contributed by atoms with Gasteiger partial charge in [-0.05, 0) is 81.4 Å². The van der Waals surface area contributed by atoms with Crippen LogP contribution < -0.4 is 10.1 Å². The van der Waals surface area contributed by atoms with Gasteiger partial charge in [0.15, 0.2) is 0 Å². The van der Waals surface area contributed by atoms with Gasteiger partial charge in [0, 0.05) is 23.5 Å². The molecule has 0 aliphatic rings. The predicted octanol–water partition coefficient (Wildman–Crippen LogP) is 5.03. The summed E-state index contributed by atoms with van der Waals surface area (Å²) in [6.45, 7) is 4.87. The second kappa shape index (κ2) is 11.2. The summed E-state index contributed by atoms with van der Waals surface area (Å²) >= 11 is 0. The van der Waals surface area contributed by atoms with Gasteiger partial charge in [0.1, 0.15) is 11.6 Å². The van der Waals surface area contributed by atoms with E-state index < -0.39 is 34.3 Å². The van der Waals surface area contributed by atoms with E-state index in [2.05, 4.69) is 10.3 Å². The van der Waals surface area contributed by atoms with Gasteiger partial charge in [-0.1, -0.05) is 17.7 Å². The highest BCUT2D eigenvalue weighted by Gasteiger charge is 2.29. The molecule has 38 heavy (non-hydrogen) atoms. The van der Waals surface area contributed by atoms with Crippen molar-refractivity contribution in [2.24, 2.45) is 0 Å².